The molecule has 0 spiro atoms. The number of benzene rings is 1. The average Bonchev–Trinajstić information content (AvgIpc) is 2.95. The van der Waals surface area contributed by atoms with E-state index in [0.29, 0.717) is 0 Å². The zero-order valence-electron chi connectivity index (χ0n) is 14.0. The second-order valence-electron chi connectivity index (χ2n) is 6.09. The quantitative estimate of drug-likeness (QED) is 0.894. The molecule has 1 aliphatic heterocycles. The fourth-order valence-electron chi connectivity index (χ4n) is 3.47. The number of para-hydroxylation sites is 1. The first-order valence-electron chi connectivity index (χ1n) is 7.90. The minimum Gasteiger partial charge on any atom is -0.387 e. The van der Waals surface area contributed by atoms with Crippen molar-refractivity contribution in [2.24, 2.45) is 0 Å². The summed E-state index contributed by atoms with van der Waals surface area (Å²) in [4.78, 5) is 7.12. The van der Waals surface area contributed by atoms with Gasteiger partial charge in [-0.3, -0.25) is 9.88 Å². The SMILES string of the molecule is CCN1CCCC1C(O)c1cccc2cc(C)c(C)nc12.Cl.Cl. The predicted octanol–water partition coefficient (Wildman–Crippen LogP) is 4.21. The fourth-order valence-corrected chi connectivity index (χ4v) is 3.47. The Labute approximate surface area is 150 Å². The highest BCUT2D eigenvalue weighted by molar-refractivity contribution is 5.85. The number of nitrogens with zero attached hydrogens (tertiary/aromatic N) is 2. The van der Waals surface area contributed by atoms with E-state index in [-0.39, 0.29) is 30.9 Å². The van der Waals surface area contributed by atoms with Crippen molar-refractivity contribution in [2.45, 2.75) is 45.8 Å². The van der Waals surface area contributed by atoms with Crippen LogP contribution in [-0.2, 0) is 0 Å². The fraction of sp³-hybridized carbons (Fsp3) is 0.500. The van der Waals surface area contributed by atoms with Gasteiger partial charge in [0.1, 0.15) is 0 Å². The van der Waals surface area contributed by atoms with E-state index >= 15 is 0 Å². The highest BCUT2D eigenvalue weighted by atomic mass is 35.5. The number of aliphatic hydroxyl groups is 1. The molecule has 0 bridgehead atoms. The van der Waals surface area contributed by atoms with E-state index in [0.717, 1.165) is 41.7 Å². The summed E-state index contributed by atoms with van der Waals surface area (Å²) in [7, 11) is 0. The molecule has 0 saturated carbocycles. The van der Waals surface area contributed by atoms with Gasteiger partial charge in [-0.25, -0.2) is 0 Å². The zero-order valence-corrected chi connectivity index (χ0v) is 15.6. The molecule has 0 aliphatic carbocycles. The third kappa shape index (κ3) is 3.80. The molecule has 2 atom stereocenters. The van der Waals surface area contributed by atoms with Crippen molar-refractivity contribution in [3.05, 3.63) is 41.1 Å². The van der Waals surface area contributed by atoms with Crippen LogP contribution in [0.25, 0.3) is 10.9 Å². The van der Waals surface area contributed by atoms with Gasteiger partial charge in [-0.1, -0.05) is 25.1 Å². The topological polar surface area (TPSA) is 36.4 Å². The Morgan fingerprint density at radius 3 is 2.74 bits per heavy atom. The lowest BCUT2D eigenvalue weighted by atomic mass is 9.97. The van der Waals surface area contributed by atoms with E-state index in [9.17, 15) is 5.11 Å². The Morgan fingerprint density at radius 1 is 1.30 bits per heavy atom. The summed E-state index contributed by atoms with van der Waals surface area (Å²) in [5.74, 6) is 0. The number of aliphatic hydroxyl groups excluding tert-OH is 1. The Kier molecular flexibility index (Phi) is 7.28. The second-order valence-corrected chi connectivity index (χ2v) is 6.09. The predicted molar refractivity (Wildman–Crippen MR) is 101 cm³/mol. The maximum Gasteiger partial charge on any atom is 0.0966 e. The lowest BCUT2D eigenvalue weighted by Crippen LogP contribution is -2.34. The maximum absolute atomic E-state index is 10.9. The summed E-state index contributed by atoms with van der Waals surface area (Å²) in [6.07, 6.45) is 1.79. The molecule has 3 rings (SSSR count). The molecule has 1 aromatic carbocycles. The normalized spacial score (nSPS) is 19.2. The van der Waals surface area contributed by atoms with E-state index in [1.807, 2.05) is 19.1 Å². The van der Waals surface area contributed by atoms with Gasteiger partial charge in [0.25, 0.3) is 0 Å². The molecule has 1 fully saturated rings. The summed E-state index contributed by atoms with van der Waals surface area (Å²) >= 11 is 0. The number of likely N-dealkylation sites (tertiary alicyclic amines) is 1. The number of likely N-dealkylation sites (N-methyl/N-ethyl adjacent to an activating group) is 1. The summed E-state index contributed by atoms with van der Waals surface area (Å²) < 4.78 is 0. The third-order valence-electron chi connectivity index (χ3n) is 4.82. The molecule has 1 aliphatic rings. The van der Waals surface area contributed by atoms with Crippen molar-refractivity contribution in [2.75, 3.05) is 13.1 Å². The number of aromatic nitrogens is 1. The smallest absolute Gasteiger partial charge is 0.0966 e. The van der Waals surface area contributed by atoms with Gasteiger partial charge in [0, 0.05) is 22.7 Å². The minimum absolute atomic E-state index is 0. The van der Waals surface area contributed by atoms with Gasteiger partial charge in [0.2, 0.25) is 0 Å². The number of rotatable bonds is 3. The van der Waals surface area contributed by atoms with Crippen molar-refractivity contribution in [3.63, 3.8) is 0 Å². The zero-order chi connectivity index (χ0) is 15.0. The lowest BCUT2D eigenvalue weighted by molar-refractivity contribution is 0.0764. The molecular weight excluding hydrogens is 331 g/mol. The maximum atomic E-state index is 10.9. The van der Waals surface area contributed by atoms with Crippen molar-refractivity contribution in [1.82, 2.24) is 9.88 Å². The average molecular weight is 357 g/mol. The van der Waals surface area contributed by atoms with Crippen LogP contribution in [-0.4, -0.2) is 34.1 Å². The van der Waals surface area contributed by atoms with Crippen LogP contribution in [0, 0.1) is 13.8 Å². The first-order valence-corrected chi connectivity index (χ1v) is 7.90. The van der Waals surface area contributed by atoms with Crippen molar-refractivity contribution in [1.29, 1.82) is 0 Å². The van der Waals surface area contributed by atoms with E-state index < -0.39 is 6.10 Å². The Balaban J connectivity index is 0.00000132. The van der Waals surface area contributed by atoms with Crippen LogP contribution in [0.4, 0.5) is 0 Å². The lowest BCUT2D eigenvalue weighted by Gasteiger charge is -2.28. The minimum atomic E-state index is -0.453. The van der Waals surface area contributed by atoms with Crippen LogP contribution in [0.2, 0.25) is 0 Å². The van der Waals surface area contributed by atoms with Gasteiger partial charge < -0.3 is 5.11 Å². The number of hydrogen-bond acceptors (Lipinski definition) is 3. The molecule has 3 nitrogen and oxygen atoms in total. The summed E-state index contributed by atoms with van der Waals surface area (Å²) in [6, 6.07) is 8.53. The molecule has 0 radical (unpaired) electrons. The Bertz CT molecular complexity index is 663. The first-order chi connectivity index (χ1) is 10.1. The van der Waals surface area contributed by atoms with Gasteiger partial charge in [-0.15, -0.1) is 24.8 Å². The molecule has 0 amide bonds. The monoisotopic (exact) mass is 356 g/mol. The molecule has 23 heavy (non-hydrogen) atoms. The van der Waals surface area contributed by atoms with Crippen LogP contribution >= 0.6 is 24.8 Å². The molecular formula is C18H26Cl2N2O. The van der Waals surface area contributed by atoms with E-state index in [1.54, 1.807) is 0 Å². The first kappa shape index (κ1) is 20.2. The highest BCUT2D eigenvalue weighted by Gasteiger charge is 2.31. The van der Waals surface area contributed by atoms with Crippen LogP contribution in [0.5, 0.6) is 0 Å². The standard InChI is InChI=1S/C18H24N2O.2ClH/c1-4-20-10-6-9-16(20)18(21)15-8-5-7-14-11-12(2)13(3)19-17(14)15;;/h5,7-8,11,16,18,21H,4,6,9-10H2,1-3H3;2*1H. The van der Waals surface area contributed by atoms with Gasteiger partial charge in [0.05, 0.1) is 11.6 Å². The number of hydrogen-bond donors (Lipinski definition) is 1. The summed E-state index contributed by atoms with van der Waals surface area (Å²) in [5, 5.41) is 12.0. The van der Waals surface area contributed by atoms with Crippen LogP contribution in [0.3, 0.4) is 0 Å². The van der Waals surface area contributed by atoms with E-state index in [1.165, 1.54) is 12.0 Å². The van der Waals surface area contributed by atoms with Gasteiger partial charge >= 0.3 is 0 Å². The van der Waals surface area contributed by atoms with Crippen molar-refractivity contribution in [3.8, 4) is 0 Å². The van der Waals surface area contributed by atoms with Gasteiger partial charge in [-0.2, -0.15) is 0 Å². The van der Waals surface area contributed by atoms with Crippen molar-refractivity contribution >= 4 is 35.7 Å². The van der Waals surface area contributed by atoms with E-state index in [2.05, 4.69) is 30.9 Å². The Morgan fingerprint density at radius 2 is 2.04 bits per heavy atom. The second kappa shape index (κ2) is 8.29. The molecule has 128 valence electrons. The Hall–Kier alpha value is -0.870. The number of pyridine rings is 1. The number of aryl methyl sites for hydroxylation is 2. The molecule has 5 heteroatoms. The highest BCUT2D eigenvalue weighted by Crippen LogP contribution is 2.32. The van der Waals surface area contributed by atoms with Crippen LogP contribution in [0.1, 0.15) is 42.7 Å². The molecule has 1 N–H and O–H groups in total. The van der Waals surface area contributed by atoms with Gasteiger partial charge in [-0.05, 0) is 51.4 Å². The van der Waals surface area contributed by atoms with Crippen molar-refractivity contribution < 1.29 is 5.11 Å². The third-order valence-corrected chi connectivity index (χ3v) is 4.82. The number of halogens is 2. The molecule has 2 aromatic rings. The summed E-state index contributed by atoms with van der Waals surface area (Å²) in [5.41, 5.74) is 4.17. The molecule has 2 heterocycles. The molecule has 1 aromatic heterocycles. The largest absolute Gasteiger partial charge is 0.387 e. The number of fused-ring (bicyclic) bond motifs is 1. The van der Waals surface area contributed by atoms with Gasteiger partial charge in [0.15, 0.2) is 0 Å². The van der Waals surface area contributed by atoms with Crippen LogP contribution < -0.4 is 0 Å². The summed E-state index contributed by atoms with van der Waals surface area (Å²) in [6.45, 7) is 8.37. The van der Waals surface area contributed by atoms with E-state index in [4.69, 9.17) is 4.98 Å². The molecule has 2 unspecified atom stereocenters. The molecule has 1 saturated heterocycles. The van der Waals surface area contributed by atoms with Crippen LogP contribution in [0.15, 0.2) is 24.3 Å².